The Morgan fingerprint density at radius 3 is 2.68 bits per heavy atom. The average Bonchev–Trinajstić information content (AvgIpc) is 2.83. The Morgan fingerprint density at radius 1 is 1.27 bits per heavy atom. The minimum atomic E-state index is -0.304. The van der Waals surface area contributed by atoms with Gasteiger partial charge in [0.25, 0.3) is 0 Å². The molecule has 1 aromatic heterocycles. The van der Waals surface area contributed by atoms with Gasteiger partial charge >= 0.3 is 10.9 Å². The molecule has 1 aliphatic rings. The molecule has 2 aromatic rings. The molecule has 118 valence electrons. The van der Waals surface area contributed by atoms with Gasteiger partial charge in [0.05, 0.1) is 16.8 Å². The summed E-state index contributed by atoms with van der Waals surface area (Å²) in [5.74, 6) is 0. The second kappa shape index (κ2) is 6.37. The minimum absolute atomic E-state index is 0.112. The van der Waals surface area contributed by atoms with Crippen LogP contribution in [0.1, 0.15) is 0 Å². The first-order chi connectivity index (χ1) is 10.6. The smallest absolute Gasteiger partial charge is 0.332 e. The van der Waals surface area contributed by atoms with Gasteiger partial charge in [-0.2, -0.15) is 0 Å². The molecular weight excluding hydrogens is 326 g/mol. The molecule has 3 rings (SSSR count). The van der Waals surface area contributed by atoms with Gasteiger partial charge in [0, 0.05) is 37.7 Å². The first-order valence-electron chi connectivity index (χ1n) is 7.04. The molecule has 1 aliphatic heterocycles. The molecule has 22 heavy (non-hydrogen) atoms. The number of thiazole rings is 1. The van der Waals surface area contributed by atoms with Gasteiger partial charge in [0.15, 0.2) is 0 Å². The van der Waals surface area contributed by atoms with Crippen LogP contribution in [0.4, 0.5) is 4.79 Å². The highest BCUT2D eigenvalue weighted by Gasteiger charge is 2.24. The molecule has 1 saturated heterocycles. The fourth-order valence-corrected chi connectivity index (χ4v) is 3.63. The van der Waals surface area contributed by atoms with Gasteiger partial charge in [-0.1, -0.05) is 22.9 Å². The van der Waals surface area contributed by atoms with Crippen molar-refractivity contribution in [2.45, 2.75) is 0 Å². The maximum atomic E-state index is 12.7. The van der Waals surface area contributed by atoms with E-state index < -0.39 is 0 Å². The first-order valence-corrected chi connectivity index (χ1v) is 8.23. The van der Waals surface area contributed by atoms with Crippen molar-refractivity contribution in [3.63, 3.8) is 0 Å². The van der Waals surface area contributed by atoms with Crippen molar-refractivity contribution in [3.05, 3.63) is 32.9 Å². The number of benzene rings is 1. The van der Waals surface area contributed by atoms with Gasteiger partial charge in [-0.05, 0) is 18.2 Å². The van der Waals surface area contributed by atoms with Crippen molar-refractivity contribution in [2.24, 2.45) is 0 Å². The highest BCUT2D eigenvalue weighted by Crippen LogP contribution is 2.22. The van der Waals surface area contributed by atoms with Crippen molar-refractivity contribution in [2.75, 3.05) is 39.3 Å². The zero-order valence-electron chi connectivity index (χ0n) is 11.9. The highest BCUT2D eigenvalue weighted by molar-refractivity contribution is 7.16. The molecule has 6 nitrogen and oxygen atoms in total. The lowest BCUT2D eigenvalue weighted by Crippen LogP contribution is -2.51. The van der Waals surface area contributed by atoms with E-state index >= 15 is 0 Å². The summed E-state index contributed by atoms with van der Waals surface area (Å²) >= 11 is 7.02. The van der Waals surface area contributed by atoms with E-state index in [1.54, 1.807) is 23.1 Å². The van der Waals surface area contributed by atoms with Gasteiger partial charge < -0.3 is 10.0 Å². The number of hydrogen-bond acceptors (Lipinski definition) is 5. The molecule has 2 heterocycles. The summed E-state index contributed by atoms with van der Waals surface area (Å²) in [5.41, 5.74) is 0.560. The number of aliphatic hydroxyl groups is 1. The third-order valence-electron chi connectivity index (χ3n) is 3.79. The normalized spacial score (nSPS) is 16.4. The number of carbonyl (C=O) groups is 1. The van der Waals surface area contributed by atoms with Crippen LogP contribution in [0.3, 0.4) is 0 Å². The van der Waals surface area contributed by atoms with Crippen LogP contribution in [0.15, 0.2) is 23.0 Å². The molecule has 1 aromatic carbocycles. The Labute approximate surface area is 136 Å². The molecule has 0 bridgehead atoms. The summed E-state index contributed by atoms with van der Waals surface area (Å²) < 4.78 is 1.95. The second-order valence-electron chi connectivity index (χ2n) is 5.15. The van der Waals surface area contributed by atoms with Crippen LogP contribution in [0.2, 0.25) is 5.02 Å². The largest absolute Gasteiger partial charge is 0.395 e. The molecule has 0 spiro atoms. The van der Waals surface area contributed by atoms with E-state index in [0.717, 1.165) is 16.0 Å². The van der Waals surface area contributed by atoms with E-state index in [1.165, 1.54) is 4.57 Å². The standard InChI is InChI=1S/C14H16ClN3O3S/c15-10-1-2-12-11(9-10)18(14(21)22-12)13(20)17-5-3-16(4-6-17)7-8-19/h1-2,9,19H,3-8H2. The number of amides is 1. The molecule has 1 fully saturated rings. The quantitative estimate of drug-likeness (QED) is 0.894. The molecule has 0 unspecified atom stereocenters. The average molecular weight is 342 g/mol. The van der Waals surface area contributed by atoms with Gasteiger partial charge in [0.2, 0.25) is 0 Å². The number of rotatable bonds is 2. The zero-order valence-corrected chi connectivity index (χ0v) is 13.4. The zero-order chi connectivity index (χ0) is 15.7. The van der Waals surface area contributed by atoms with Crippen molar-refractivity contribution in [1.82, 2.24) is 14.4 Å². The number of hydrogen-bond donors (Lipinski definition) is 1. The van der Waals surface area contributed by atoms with E-state index in [4.69, 9.17) is 16.7 Å². The maximum absolute atomic E-state index is 12.7. The van der Waals surface area contributed by atoms with Crippen LogP contribution in [0.25, 0.3) is 10.2 Å². The van der Waals surface area contributed by atoms with Gasteiger partial charge in [-0.25, -0.2) is 9.36 Å². The number of carbonyl (C=O) groups excluding carboxylic acids is 1. The van der Waals surface area contributed by atoms with Crippen LogP contribution >= 0.6 is 22.9 Å². The van der Waals surface area contributed by atoms with Crippen LogP contribution < -0.4 is 4.87 Å². The Balaban J connectivity index is 1.85. The number of piperazine rings is 1. The topological polar surface area (TPSA) is 65.8 Å². The van der Waals surface area contributed by atoms with E-state index in [1.807, 2.05) is 0 Å². The predicted molar refractivity (Wildman–Crippen MR) is 87.0 cm³/mol. The lowest BCUT2D eigenvalue weighted by atomic mass is 10.3. The number of fused-ring (bicyclic) bond motifs is 1. The Morgan fingerprint density at radius 2 is 2.00 bits per heavy atom. The summed E-state index contributed by atoms with van der Waals surface area (Å²) in [6.45, 7) is 3.21. The van der Waals surface area contributed by atoms with Gasteiger partial charge in [-0.15, -0.1) is 0 Å². The van der Waals surface area contributed by atoms with E-state index in [0.29, 0.717) is 43.3 Å². The fraction of sp³-hybridized carbons (Fsp3) is 0.429. The van der Waals surface area contributed by atoms with Crippen molar-refractivity contribution in [3.8, 4) is 0 Å². The molecule has 1 amide bonds. The molecule has 0 saturated carbocycles. The maximum Gasteiger partial charge on any atom is 0.332 e. The van der Waals surface area contributed by atoms with Crippen LogP contribution in [-0.4, -0.2) is 64.8 Å². The van der Waals surface area contributed by atoms with Gasteiger partial charge in [0.1, 0.15) is 0 Å². The summed E-state index contributed by atoms with van der Waals surface area (Å²) in [6.07, 6.45) is 0. The molecule has 0 atom stereocenters. The lowest BCUT2D eigenvalue weighted by molar-refractivity contribution is 0.123. The second-order valence-corrected chi connectivity index (χ2v) is 6.58. The summed E-state index contributed by atoms with van der Waals surface area (Å²) in [5, 5.41) is 9.45. The monoisotopic (exact) mass is 341 g/mol. The third-order valence-corrected chi connectivity index (χ3v) is 4.95. The number of nitrogens with zero attached hydrogens (tertiary/aromatic N) is 3. The Hall–Kier alpha value is -1.41. The number of β-amino-alcohol motifs (C(OH)–C–C–N with tert-alkyl or cyclic N) is 1. The van der Waals surface area contributed by atoms with Crippen LogP contribution in [-0.2, 0) is 0 Å². The molecular formula is C14H16ClN3O3S. The van der Waals surface area contributed by atoms with Crippen molar-refractivity contribution < 1.29 is 9.90 Å². The number of aliphatic hydroxyl groups excluding tert-OH is 1. The minimum Gasteiger partial charge on any atom is -0.395 e. The summed E-state index contributed by atoms with van der Waals surface area (Å²) in [6, 6.07) is 4.81. The van der Waals surface area contributed by atoms with Crippen LogP contribution in [0, 0.1) is 0 Å². The molecule has 0 aliphatic carbocycles. The van der Waals surface area contributed by atoms with E-state index in [9.17, 15) is 9.59 Å². The third kappa shape index (κ3) is 2.89. The van der Waals surface area contributed by atoms with Crippen LogP contribution in [0.5, 0.6) is 0 Å². The molecule has 8 heteroatoms. The first kappa shape index (κ1) is 15.5. The summed E-state index contributed by atoms with van der Waals surface area (Å²) in [7, 11) is 0. The van der Waals surface area contributed by atoms with E-state index in [2.05, 4.69) is 4.90 Å². The van der Waals surface area contributed by atoms with E-state index in [-0.39, 0.29) is 17.5 Å². The highest BCUT2D eigenvalue weighted by atomic mass is 35.5. The molecule has 1 N–H and O–H groups in total. The lowest BCUT2D eigenvalue weighted by Gasteiger charge is -2.34. The number of halogens is 1. The Kier molecular flexibility index (Phi) is 4.49. The SMILES string of the molecule is O=C(N1CCN(CCO)CC1)n1c(=O)sc2ccc(Cl)cc21. The predicted octanol–water partition coefficient (Wildman–Crippen LogP) is 1.29. The molecule has 0 radical (unpaired) electrons. The van der Waals surface area contributed by atoms with Crippen molar-refractivity contribution >= 4 is 39.2 Å². The Bertz CT molecular complexity index is 749. The number of aromatic nitrogens is 1. The van der Waals surface area contributed by atoms with Crippen molar-refractivity contribution in [1.29, 1.82) is 0 Å². The summed E-state index contributed by atoms with van der Waals surface area (Å²) in [4.78, 5) is 28.3. The van der Waals surface area contributed by atoms with Gasteiger partial charge in [-0.3, -0.25) is 9.69 Å². The fourth-order valence-electron chi connectivity index (χ4n) is 2.62.